The zero-order chi connectivity index (χ0) is 17.2. The van der Waals surface area contributed by atoms with Gasteiger partial charge in [0.05, 0.1) is 6.26 Å². The lowest BCUT2D eigenvalue weighted by atomic mass is 10.2. The second-order valence-corrected chi connectivity index (χ2v) is 7.92. The van der Waals surface area contributed by atoms with Crippen LogP contribution in [0, 0.1) is 6.92 Å². The van der Waals surface area contributed by atoms with E-state index in [0.717, 1.165) is 18.7 Å². The first-order valence-corrected chi connectivity index (χ1v) is 9.66. The Balaban J connectivity index is 1.79. The van der Waals surface area contributed by atoms with Crippen LogP contribution in [0.1, 0.15) is 29.7 Å². The quantitative estimate of drug-likeness (QED) is 0.811. The van der Waals surface area contributed by atoms with Gasteiger partial charge in [-0.1, -0.05) is 5.16 Å². The van der Waals surface area contributed by atoms with Gasteiger partial charge in [-0.15, -0.1) is 0 Å². The summed E-state index contributed by atoms with van der Waals surface area (Å²) in [6, 6.07) is 3.53. The zero-order valence-corrected chi connectivity index (χ0v) is 14.6. The van der Waals surface area contributed by atoms with Crippen molar-refractivity contribution in [3.63, 3.8) is 0 Å². The number of sulfonamides is 1. The van der Waals surface area contributed by atoms with Crippen molar-refractivity contribution in [3.05, 3.63) is 41.8 Å². The van der Waals surface area contributed by atoms with Crippen LogP contribution in [0.3, 0.4) is 0 Å². The van der Waals surface area contributed by atoms with Crippen LogP contribution < -0.4 is 0 Å². The summed E-state index contributed by atoms with van der Waals surface area (Å²) in [6.07, 6.45) is 5.36. The normalized spacial score (nSPS) is 20.8. The average molecular weight is 351 g/mol. The molecule has 1 fully saturated rings. The summed E-state index contributed by atoms with van der Waals surface area (Å²) in [4.78, 5) is 10.5. The molecular weight excluding hydrogens is 330 g/mol. The summed E-state index contributed by atoms with van der Waals surface area (Å²) in [5.41, 5.74) is 1.16. The topological polar surface area (TPSA) is 92.4 Å². The molecule has 2 aromatic heterocycles. The molecule has 1 atom stereocenters. The highest BCUT2D eigenvalue weighted by Gasteiger charge is 2.34. The van der Waals surface area contributed by atoms with Crippen LogP contribution in [-0.2, 0) is 16.6 Å². The molecular formula is C15H21N5O3S. The van der Waals surface area contributed by atoms with E-state index in [0.29, 0.717) is 31.2 Å². The van der Waals surface area contributed by atoms with E-state index in [1.165, 1.54) is 10.6 Å². The smallest absolute Gasteiger partial charge is 0.245 e. The molecule has 3 rings (SSSR count). The molecule has 0 saturated carbocycles. The number of hydrogen-bond acceptors (Lipinski definition) is 7. The van der Waals surface area contributed by atoms with Gasteiger partial charge in [-0.3, -0.25) is 9.88 Å². The van der Waals surface area contributed by atoms with Gasteiger partial charge in [0, 0.05) is 38.6 Å². The van der Waals surface area contributed by atoms with Gasteiger partial charge in [-0.05, 0) is 31.0 Å². The Hall–Kier alpha value is -1.84. The van der Waals surface area contributed by atoms with Gasteiger partial charge in [0.1, 0.15) is 6.04 Å². The second-order valence-electron chi connectivity index (χ2n) is 5.99. The third kappa shape index (κ3) is 3.97. The van der Waals surface area contributed by atoms with Gasteiger partial charge in [-0.2, -0.15) is 9.29 Å². The third-order valence-electron chi connectivity index (χ3n) is 4.11. The maximum Gasteiger partial charge on any atom is 0.245 e. The molecule has 0 aromatic carbocycles. The van der Waals surface area contributed by atoms with Crippen LogP contribution in [-0.4, -0.2) is 58.6 Å². The monoisotopic (exact) mass is 351 g/mol. The van der Waals surface area contributed by atoms with Gasteiger partial charge in [-0.25, -0.2) is 8.42 Å². The van der Waals surface area contributed by atoms with E-state index in [9.17, 15) is 8.42 Å². The average Bonchev–Trinajstić information content (AvgIpc) is 2.84. The predicted molar refractivity (Wildman–Crippen MR) is 87.5 cm³/mol. The maximum atomic E-state index is 12.2. The van der Waals surface area contributed by atoms with Crippen molar-refractivity contribution in [2.45, 2.75) is 25.9 Å². The number of pyridine rings is 1. The minimum atomic E-state index is -3.36. The van der Waals surface area contributed by atoms with Crippen LogP contribution in [0.2, 0.25) is 0 Å². The lowest BCUT2D eigenvalue weighted by molar-refractivity contribution is 0.257. The Bertz CT molecular complexity index is 777. The SMILES string of the molecule is Cc1noc(C2CCN(Cc3ccncc3)CCN2S(C)(=O)=O)n1. The second kappa shape index (κ2) is 6.96. The molecule has 24 heavy (non-hydrogen) atoms. The maximum absolute atomic E-state index is 12.2. The van der Waals surface area contributed by atoms with Gasteiger partial charge < -0.3 is 4.52 Å². The summed E-state index contributed by atoms with van der Waals surface area (Å²) in [5, 5.41) is 3.80. The van der Waals surface area contributed by atoms with Crippen molar-refractivity contribution in [2.75, 3.05) is 25.9 Å². The fourth-order valence-corrected chi connectivity index (χ4v) is 4.02. The van der Waals surface area contributed by atoms with Crippen LogP contribution in [0.4, 0.5) is 0 Å². The van der Waals surface area contributed by atoms with E-state index in [2.05, 4.69) is 20.0 Å². The first kappa shape index (κ1) is 17.0. The number of nitrogens with zero attached hydrogens (tertiary/aromatic N) is 5. The molecule has 0 bridgehead atoms. The molecule has 3 heterocycles. The minimum Gasteiger partial charge on any atom is -0.338 e. The zero-order valence-electron chi connectivity index (χ0n) is 13.8. The van der Waals surface area contributed by atoms with E-state index in [-0.39, 0.29) is 0 Å². The molecule has 0 radical (unpaired) electrons. The first-order valence-electron chi connectivity index (χ1n) is 7.82. The molecule has 0 aliphatic carbocycles. The molecule has 0 N–H and O–H groups in total. The lowest BCUT2D eigenvalue weighted by Crippen LogP contribution is -2.36. The Labute approximate surface area is 141 Å². The molecule has 0 spiro atoms. The minimum absolute atomic E-state index is 0.365. The highest BCUT2D eigenvalue weighted by molar-refractivity contribution is 7.88. The molecule has 8 nitrogen and oxygen atoms in total. The Morgan fingerprint density at radius 1 is 1.25 bits per heavy atom. The van der Waals surface area contributed by atoms with Gasteiger partial charge in [0.25, 0.3) is 0 Å². The fraction of sp³-hybridized carbons (Fsp3) is 0.533. The number of hydrogen-bond donors (Lipinski definition) is 0. The molecule has 1 saturated heterocycles. The summed E-state index contributed by atoms with van der Waals surface area (Å²) in [7, 11) is -3.36. The van der Waals surface area contributed by atoms with E-state index in [1.807, 2.05) is 12.1 Å². The van der Waals surface area contributed by atoms with Crippen molar-refractivity contribution in [1.29, 1.82) is 0 Å². The standard InChI is InChI=1S/C15H21N5O3S/c1-12-17-15(23-18-12)14-5-8-19(9-10-20(14)24(2,21)22)11-13-3-6-16-7-4-13/h3-4,6-7,14H,5,8-11H2,1-2H3. The van der Waals surface area contributed by atoms with Crippen molar-refractivity contribution in [3.8, 4) is 0 Å². The summed E-state index contributed by atoms with van der Waals surface area (Å²) in [6.45, 7) is 4.29. The molecule has 0 amide bonds. The third-order valence-corrected chi connectivity index (χ3v) is 5.40. The van der Waals surface area contributed by atoms with Gasteiger partial charge >= 0.3 is 0 Å². The van der Waals surface area contributed by atoms with Gasteiger partial charge in [0.15, 0.2) is 5.82 Å². The van der Waals surface area contributed by atoms with E-state index in [4.69, 9.17) is 4.52 Å². The first-order chi connectivity index (χ1) is 11.4. The summed E-state index contributed by atoms with van der Waals surface area (Å²) in [5.74, 6) is 0.875. The Morgan fingerprint density at radius 2 is 2.00 bits per heavy atom. The van der Waals surface area contributed by atoms with Crippen molar-refractivity contribution < 1.29 is 12.9 Å². The Kier molecular flexibility index (Phi) is 4.93. The van der Waals surface area contributed by atoms with Crippen LogP contribution in [0.5, 0.6) is 0 Å². The van der Waals surface area contributed by atoms with E-state index in [1.54, 1.807) is 19.3 Å². The molecule has 1 unspecified atom stereocenters. The largest absolute Gasteiger partial charge is 0.338 e. The van der Waals surface area contributed by atoms with Crippen LogP contribution in [0.25, 0.3) is 0 Å². The summed E-state index contributed by atoms with van der Waals surface area (Å²) >= 11 is 0. The van der Waals surface area contributed by atoms with E-state index >= 15 is 0 Å². The molecule has 9 heteroatoms. The highest BCUT2D eigenvalue weighted by atomic mass is 32.2. The van der Waals surface area contributed by atoms with Crippen molar-refractivity contribution in [1.82, 2.24) is 24.3 Å². The molecule has 130 valence electrons. The summed E-state index contributed by atoms with van der Waals surface area (Å²) < 4.78 is 31.1. The van der Waals surface area contributed by atoms with Crippen molar-refractivity contribution in [2.24, 2.45) is 0 Å². The molecule has 1 aliphatic heterocycles. The predicted octanol–water partition coefficient (Wildman–Crippen LogP) is 0.982. The van der Waals surface area contributed by atoms with E-state index < -0.39 is 16.1 Å². The molecule has 2 aromatic rings. The van der Waals surface area contributed by atoms with Crippen LogP contribution >= 0.6 is 0 Å². The number of rotatable bonds is 4. The van der Waals surface area contributed by atoms with Gasteiger partial charge in [0.2, 0.25) is 15.9 Å². The Morgan fingerprint density at radius 3 is 2.62 bits per heavy atom. The highest BCUT2D eigenvalue weighted by Crippen LogP contribution is 2.28. The number of aryl methyl sites for hydroxylation is 1. The molecule has 1 aliphatic rings. The van der Waals surface area contributed by atoms with Crippen LogP contribution in [0.15, 0.2) is 29.0 Å². The number of aromatic nitrogens is 3. The fourth-order valence-electron chi connectivity index (χ4n) is 2.95. The van der Waals surface area contributed by atoms with Crippen molar-refractivity contribution >= 4 is 10.0 Å². The lowest BCUT2D eigenvalue weighted by Gasteiger charge is -2.24.